The first-order chi connectivity index (χ1) is 13.7. The Balaban J connectivity index is 1.42. The van der Waals surface area contributed by atoms with Gasteiger partial charge in [0.1, 0.15) is 12.7 Å². The predicted molar refractivity (Wildman–Crippen MR) is 107 cm³/mol. The van der Waals surface area contributed by atoms with Gasteiger partial charge in [0.2, 0.25) is 0 Å². The number of rotatable bonds is 10. The van der Waals surface area contributed by atoms with Gasteiger partial charge in [0.25, 0.3) is 0 Å². The minimum absolute atomic E-state index is 0.245. The van der Waals surface area contributed by atoms with Gasteiger partial charge in [0, 0.05) is 39.4 Å². The maximum Gasteiger partial charge on any atom is 0.161 e. The molecule has 0 radical (unpaired) electrons. The van der Waals surface area contributed by atoms with Gasteiger partial charge in [-0.2, -0.15) is 0 Å². The summed E-state index contributed by atoms with van der Waals surface area (Å²) in [6.45, 7) is 7.58. The molecule has 2 N–H and O–H groups in total. The monoisotopic (exact) mass is 394 g/mol. The number of hydrogen-bond donors (Lipinski definition) is 2. The van der Waals surface area contributed by atoms with E-state index < -0.39 is 6.10 Å². The zero-order valence-electron chi connectivity index (χ0n) is 16.9. The van der Waals surface area contributed by atoms with Gasteiger partial charge in [0.05, 0.1) is 20.3 Å². The van der Waals surface area contributed by atoms with E-state index in [1.54, 1.807) is 7.11 Å². The summed E-state index contributed by atoms with van der Waals surface area (Å²) in [4.78, 5) is 2.20. The Morgan fingerprint density at radius 3 is 2.64 bits per heavy atom. The molecule has 2 saturated heterocycles. The van der Waals surface area contributed by atoms with Crippen LogP contribution in [0.4, 0.5) is 0 Å². The average Bonchev–Trinajstić information content (AvgIpc) is 2.74. The van der Waals surface area contributed by atoms with E-state index in [-0.39, 0.29) is 6.61 Å². The van der Waals surface area contributed by atoms with Crippen molar-refractivity contribution in [3.63, 3.8) is 0 Å². The van der Waals surface area contributed by atoms with Crippen molar-refractivity contribution >= 4 is 0 Å². The van der Waals surface area contributed by atoms with Crippen LogP contribution in [0, 0.1) is 5.92 Å². The highest BCUT2D eigenvalue weighted by molar-refractivity contribution is 5.43. The average molecular weight is 395 g/mol. The van der Waals surface area contributed by atoms with Crippen LogP contribution >= 0.6 is 0 Å². The summed E-state index contributed by atoms with van der Waals surface area (Å²) in [6, 6.07) is 5.97. The summed E-state index contributed by atoms with van der Waals surface area (Å²) in [5.41, 5.74) is 1.16. The molecule has 0 saturated carbocycles. The second-order valence-corrected chi connectivity index (χ2v) is 7.55. The minimum atomic E-state index is -0.538. The van der Waals surface area contributed by atoms with Crippen molar-refractivity contribution in [2.45, 2.75) is 25.5 Å². The van der Waals surface area contributed by atoms with Gasteiger partial charge >= 0.3 is 0 Å². The number of aliphatic hydroxyl groups excluding tert-OH is 1. The van der Waals surface area contributed by atoms with Crippen molar-refractivity contribution in [1.29, 1.82) is 0 Å². The van der Waals surface area contributed by atoms with Crippen molar-refractivity contribution in [2.24, 2.45) is 5.92 Å². The molecule has 2 aliphatic rings. The van der Waals surface area contributed by atoms with Crippen LogP contribution < -0.4 is 14.8 Å². The number of methoxy groups -OCH3 is 1. The van der Waals surface area contributed by atoms with E-state index in [1.807, 2.05) is 18.2 Å². The SMILES string of the molecule is COc1cc(CNCC2CCOCC2)ccc1OC[C@H](O)CN1CCOCC1. The molecule has 7 heteroatoms. The zero-order chi connectivity index (χ0) is 19.6. The van der Waals surface area contributed by atoms with Gasteiger partial charge < -0.3 is 29.4 Å². The van der Waals surface area contributed by atoms with Crippen molar-refractivity contribution in [2.75, 3.05) is 66.3 Å². The number of morpholine rings is 1. The Hall–Kier alpha value is -1.38. The molecular formula is C21H34N2O5. The summed E-state index contributed by atoms with van der Waals surface area (Å²) in [7, 11) is 1.64. The van der Waals surface area contributed by atoms with Crippen molar-refractivity contribution < 1.29 is 24.1 Å². The number of hydrogen-bond acceptors (Lipinski definition) is 7. The van der Waals surface area contributed by atoms with E-state index in [4.69, 9.17) is 18.9 Å². The lowest BCUT2D eigenvalue weighted by atomic mass is 10.0. The number of benzene rings is 1. The third-order valence-electron chi connectivity index (χ3n) is 5.33. The molecule has 0 bridgehead atoms. The maximum atomic E-state index is 10.3. The van der Waals surface area contributed by atoms with Crippen LogP contribution in [0.5, 0.6) is 11.5 Å². The molecule has 2 heterocycles. The molecule has 0 aliphatic carbocycles. The van der Waals surface area contributed by atoms with Crippen LogP contribution in [0.1, 0.15) is 18.4 Å². The lowest BCUT2D eigenvalue weighted by Crippen LogP contribution is -2.42. The Morgan fingerprint density at radius 1 is 1.14 bits per heavy atom. The largest absolute Gasteiger partial charge is 0.493 e. The summed E-state index contributed by atoms with van der Waals surface area (Å²) < 4.78 is 22.0. The van der Waals surface area contributed by atoms with E-state index >= 15 is 0 Å². The minimum Gasteiger partial charge on any atom is -0.493 e. The molecule has 0 unspecified atom stereocenters. The van der Waals surface area contributed by atoms with E-state index in [2.05, 4.69) is 10.2 Å². The molecule has 0 spiro atoms. The van der Waals surface area contributed by atoms with Crippen LogP contribution in [0.3, 0.4) is 0 Å². The fourth-order valence-corrected chi connectivity index (χ4v) is 3.63. The normalized spacial score (nSPS) is 20.1. The first-order valence-electron chi connectivity index (χ1n) is 10.3. The molecule has 2 fully saturated rings. The summed E-state index contributed by atoms with van der Waals surface area (Å²) in [5.74, 6) is 2.06. The highest BCUT2D eigenvalue weighted by Gasteiger charge is 2.16. The van der Waals surface area contributed by atoms with Gasteiger partial charge in [0.15, 0.2) is 11.5 Å². The molecule has 158 valence electrons. The number of β-amino-alcohol motifs (C(OH)–C–C–N with tert-alkyl or cyclic N) is 1. The summed E-state index contributed by atoms with van der Waals surface area (Å²) in [5, 5.41) is 13.8. The number of ether oxygens (including phenoxy) is 4. The predicted octanol–water partition coefficient (Wildman–Crippen LogP) is 1.28. The topological polar surface area (TPSA) is 72.4 Å². The first-order valence-corrected chi connectivity index (χ1v) is 10.3. The maximum absolute atomic E-state index is 10.3. The van der Waals surface area contributed by atoms with Gasteiger partial charge in [-0.1, -0.05) is 6.07 Å². The van der Waals surface area contributed by atoms with Crippen LogP contribution in [0.15, 0.2) is 18.2 Å². The van der Waals surface area contributed by atoms with Gasteiger partial charge in [-0.15, -0.1) is 0 Å². The van der Waals surface area contributed by atoms with Crippen molar-refractivity contribution in [1.82, 2.24) is 10.2 Å². The van der Waals surface area contributed by atoms with Gasteiger partial charge in [-0.05, 0) is 43.0 Å². The fraction of sp³-hybridized carbons (Fsp3) is 0.714. The number of aliphatic hydroxyl groups is 1. The van der Waals surface area contributed by atoms with E-state index in [9.17, 15) is 5.11 Å². The molecule has 3 rings (SSSR count). The lowest BCUT2D eigenvalue weighted by molar-refractivity contribution is 0.00445. The molecule has 0 amide bonds. The Morgan fingerprint density at radius 2 is 1.89 bits per heavy atom. The second kappa shape index (κ2) is 11.6. The second-order valence-electron chi connectivity index (χ2n) is 7.55. The zero-order valence-corrected chi connectivity index (χ0v) is 16.9. The molecule has 1 aromatic carbocycles. The van der Waals surface area contributed by atoms with E-state index in [0.29, 0.717) is 24.0 Å². The molecule has 28 heavy (non-hydrogen) atoms. The van der Waals surface area contributed by atoms with Crippen LogP contribution in [0.25, 0.3) is 0 Å². The summed E-state index contributed by atoms with van der Waals surface area (Å²) in [6.07, 6.45) is 1.73. The highest BCUT2D eigenvalue weighted by atomic mass is 16.5. The standard InChI is InChI=1S/C21H34N2O5/c1-25-21-12-18(14-22-13-17-4-8-26-9-5-17)2-3-20(21)28-16-19(24)15-23-6-10-27-11-7-23/h2-3,12,17,19,22,24H,4-11,13-16H2,1H3/t19-/m1/s1. The number of nitrogens with one attached hydrogen (secondary N) is 1. The first kappa shape index (κ1) is 21.3. The van der Waals surface area contributed by atoms with E-state index in [0.717, 1.165) is 71.0 Å². The van der Waals surface area contributed by atoms with Crippen molar-refractivity contribution in [3.8, 4) is 11.5 Å². The third kappa shape index (κ3) is 6.90. The molecule has 0 aromatic heterocycles. The Kier molecular flexibility index (Phi) is 8.82. The quantitative estimate of drug-likeness (QED) is 0.619. The molecule has 1 atom stereocenters. The highest BCUT2D eigenvalue weighted by Crippen LogP contribution is 2.28. The third-order valence-corrected chi connectivity index (χ3v) is 5.33. The summed E-state index contributed by atoms with van der Waals surface area (Å²) >= 11 is 0. The Bertz CT molecular complexity index is 574. The molecule has 1 aromatic rings. The Labute approximate surface area is 167 Å². The fourth-order valence-electron chi connectivity index (χ4n) is 3.63. The van der Waals surface area contributed by atoms with Gasteiger partial charge in [-0.25, -0.2) is 0 Å². The number of nitrogens with zero attached hydrogens (tertiary/aromatic N) is 1. The van der Waals surface area contributed by atoms with Crippen LogP contribution in [-0.4, -0.2) is 82.4 Å². The van der Waals surface area contributed by atoms with Crippen LogP contribution in [0.2, 0.25) is 0 Å². The smallest absolute Gasteiger partial charge is 0.161 e. The molecular weight excluding hydrogens is 360 g/mol. The lowest BCUT2D eigenvalue weighted by Gasteiger charge is -2.28. The molecule has 7 nitrogen and oxygen atoms in total. The van der Waals surface area contributed by atoms with Crippen LogP contribution in [-0.2, 0) is 16.0 Å². The molecule has 2 aliphatic heterocycles. The van der Waals surface area contributed by atoms with E-state index in [1.165, 1.54) is 0 Å². The van der Waals surface area contributed by atoms with Gasteiger partial charge in [-0.3, -0.25) is 4.90 Å². The van der Waals surface area contributed by atoms with Crippen molar-refractivity contribution in [3.05, 3.63) is 23.8 Å².